The third-order valence-corrected chi connectivity index (χ3v) is 2.33. The van der Waals surface area contributed by atoms with E-state index in [0.29, 0.717) is 24.5 Å². The second-order valence-electron chi connectivity index (χ2n) is 3.78. The lowest BCUT2D eigenvalue weighted by Gasteiger charge is -2.18. The predicted octanol–water partition coefficient (Wildman–Crippen LogP) is 1.50. The quantitative estimate of drug-likeness (QED) is 0.588. The van der Waals surface area contributed by atoms with Crippen LogP contribution in [0.1, 0.15) is 12.5 Å². The fourth-order valence-electron chi connectivity index (χ4n) is 1.72. The Labute approximate surface area is 97.3 Å². The highest BCUT2D eigenvalue weighted by Gasteiger charge is 2.25. The van der Waals surface area contributed by atoms with Crippen molar-refractivity contribution in [2.75, 3.05) is 13.2 Å². The maximum Gasteiger partial charge on any atom is 0.315 e. The van der Waals surface area contributed by atoms with Crippen molar-refractivity contribution >= 4 is 11.5 Å². The molecule has 90 valence electrons. The Hall–Kier alpha value is -2.11. The molecular formula is C11H11NO5. The summed E-state index contributed by atoms with van der Waals surface area (Å²) in [6.07, 6.45) is 0.150. The molecule has 0 saturated carbocycles. The van der Waals surface area contributed by atoms with Gasteiger partial charge in [-0.25, -0.2) is 0 Å². The number of hydrogen-bond acceptors (Lipinski definition) is 5. The predicted molar refractivity (Wildman–Crippen MR) is 58.5 cm³/mol. The maximum absolute atomic E-state index is 11.0. The Kier molecular flexibility index (Phi) is 2.95. The summed E-state index contributed by atoms with van der Waals surface area (Å²) in [5.41, 5.74) is 0.409. The van der Waals surface area contributed by atoms with Crippen molar-refractivity contribution in [1.29, 1.82) is 0 Å². The van der Waals surface area contributed by atoms with E-state index >= 15 is 0 Å². The number of rotatable bonds is 3. The molecule has 0 fully saturated rings. The van der Waals surface area contributed by atoms with Gasteiger partial charge in [0.15, 0.2) is 5.75 Å². The number of ketones is 1. The van der Waals surface area contributed by atoms with Gasteiger partial charge in [0.05, 0.1) is 4.92 Å². The average molecular weight is 237 g/mol. The minimum Gasteiger partial charge on any atom is -0.486 e. The first-order valence-corrected chi connectivity index (χ1v) is 5.14. The Balaban J connectivity index is 2.48. The van der Waals surface area contributed by atoms with Crippen LogP contribution in [0.3, 0.4) is 0 Å². The second kappa shape index (κ2) is 4.40. The number of nitro groups is 1. The van der Waals surface area contributed by atoms with Crippen molar-refractivity contribution in [2.45, 2.75) is 13.3 Å². The standard InChI is InChI=1S/C11H11NO5/c1-7(13)4-8-5-9(12(14)15)11-10(6-8)16-2-3-17-11/h5-6H,2-4H2,1H3. The zero-order valence-corrected chi connectivity index (χ0v) is 9.26. The van der Waals surface area contributed by atoms with Crippen molar-refractivity contribution in [3.8, 4) is 11.5 Å². The van der Waals surface area contributed by atoms with E-state index in [2.05, 4.69) is 0 Å². The van der Waals surface area contributed by atoms with E-state index in [0.717, 1.165) is 0 Å². The summed E-state index contributed by atoms with van der Waals surface area (Å²) in [4.78, 5) is 21.4. The van der Waals surface area contributed by atoms with Crippen LogP contribution in [0.2, 0.25) is 0 Å². The van der Waals surface area contributed by atoms with Gasteiger partial charge in [0.1, 0.15) is 19.0 Å². The molecule has 0 aromatic heterocycles. The first kappa shape index (κ1) is 11.4. The van der Waals surface area contributed by atoms with Crippen molar-refractivity contribution in [2.24, 2.45) is 0 Å². The second-order valence-corrected chi connectivity index (χ2v) is 3.78. The zero-order chi connectivity index (χ0) is 12.4. The number of ether oxygens (including phenoxy) is 2. The summed E-state index contributed by atoms with van der Waals surface area (Å²) in [6, 6.07) is 2.97. The van der Waals surface area contributed by atoms with Crippen LogP contribution in [0.5, 0.6) is 11.5 Å². The van der Waals surface area contributed by atoms with Crippen LogP contribution < -0.4 is 9.47 Å². The number of hydrogen-bond donors (Lipinski definition) is 0. The highest BCUT2D eigenvalue weighted by molar-refractivity contribution is 5.79. The van der Waals surface area contributed by atoms with E-state index in [-0.39, 0.29) is 23.6 Å². The van der Waals surface area contributed by atoms with E-state index in [1.807, 2.05) is 0 Å². The summed E-state index contributed by atoms with van der Waals surface area (Å²) >= 11 is 0. The molecule has 1 aliphatic heterocycles. The van der Waals surface area contributed by atoms with Gasteiger partial charge in [0.25, 0.3) is 0 Å². The van der Waals surface area contributed by atoms with Crippen LogP contribution in [0, 0.1) is 10.1 Å². The molecule has 1 aliphatic rings. The van der Waals surface area contributed by atoms with Crippen LogP contribution in [0.4, 0.5) is 5.69 Å². The highest BCUT2D eigenvalue weighted by Crippen LogP contribution is 2.40. The van der Waals surface area contributed by atoms with Gasteiger partial charge in [-0.05, 0) is 18.6 Å². The van der Waals surface area contributed by atoms with Crippen molar-refractivity contribution in [3.63, 3.8) is 0 Å². The summed E-state index contributed by atoms with van der Waals surface area (Å²) in [6.45, 7) is 2.08. The smallest absolute Gasteiger partial charge is 0.315 e. The summed E-state index contributed by atoms with van der Waals surface area (Å²) in [5.74, 6) is 0.422. The van der Waals surface area contributed by atoms with Crippen molar-refractivity contribution < 1.29 is 19.2 Å². The van der Waals surface area contributed by atoms with Gasteiger partial charge in [0.2, 0.25) is 5.75 Å². The SMILES string of the molecule is CC(=O)Cc1cc2c(c([N+](=O)[O-])c1)OCCO2. The van der Waals surface area contributed by atoms with Gasteiger partial charge >= 0.3 is 5.69 Å². The third-order valence-electron chi connectivity index (χ3n) is 2.33. The number of fused-ring (bicyclic) bond motifs is 1. The molecule has 0 amide bonds. The Morgan fingerprint density at radius 1 is 1.41 bits per heavy atom. The first-order chi connectivity index (χ1) is 8.08. The molecule has 6 nitrogen and oxygen atoms in total. The molecule has 0 radical (unpaired) electrons. The third kappa shape index (κ3) is 2.35. The van der Waals surface area contributed by atoms with Crippen LogP contribution in [0.15, 0.2) is 12.1 Å². The summed E-state index contributed by atoms with van der Waals surface area (Å²) in [7, 11) is 0. The molecule has 0 bridgehead atoms. The minimum atomic E-state index is -0.531. The fourth-order valence-corrected chi connectivity index (χ4v) is 1.72. The molecule has 1 heterocycles. The molecule has 0 N–H and O–H groups in total. The molecule has 1 aromatic rings. The molecule has 0 spiro atoms. The molecule has 0 unspecified atom stereocenters. The molecule has 0 saturated heterocycles. The molecule has 6 heteroatoms. The van der Waals surface area contributed by atoms with Gasteiger partial charge in [-0.15, -0.1) is 0 Å². The number of benzene rings is 1. The number of nitrogens with zero attached hydrogens (tertiary/aromatic N) is 1. The van der Waals surface area contributed by atoms with Crippen molar-refractivity contribution in [3.05, 3.63) is 27.8 Å². The van der Waals surface area contributed by atoms with Crippen LogP contribution in [0.25, 0.3) is 0 Å². The fraction of sp³-hybridized carbons (Fsp3) is 0.364. The van der Waals surface area contributed by atoms with Gasteiger partial charge in [-0.3, -0.25) is 14.9 Å². The molecule has 17 heavy (non-hydrogen) atoms. The number of carbonyl (C=O) groups excluding carboxylic acids is 1. The minimum absolute atomic E-state index is 0.0593. The monoisotopic (exact) mass is 237 g/mol. The van der Waals surface area contributed by atoms with Crippen LogP contribution in [-0.4, -0.2) is 23.9 Å². The van der Waals surface area contributed by atoms with Crippen molar-refractivity contribution in [1.82, 2.24) is 0 Å². The van der Waals surface area contributed by atoms with Crippen LogP contribution >= 0.6 is 0 Å². The largest absolute Gasteiger partial charge is 0.486 e. The first-order valence-electron chi connectivity index (χ1n) is 5.14. The topological polar surface area (TPSA) is 78.7 Å². The molecular weight excluding hydrogens is 226 g/mol. The van der Waals surface area contributed by atoms with E-state index in [4.69, 9.17) is 9.47 Å². The molecule has 1 aromatic carbocycles. The lowest BCUT2D eigenvalue weighted by Crippen LogP contribution is -2.17. The Morgan fingerprint density at radius 2 is 2.12 bits per heavy atom. The van der Waals surface area contributed by atoms with Gasteiger partial charge in [0, 0.05) is 12.5 Å². The highest BCUT2D eigenvalue weighted by atomic mass is 16.6. The molecule has 0 aliphatic carbocycles. The summed E-state index contributed by atoms with van der Waals surface area (Å²) in [5, 5.41) is 10.9. The van der Waals surface area contributed by atoms with E-state index in [1.54, 1.807) is 6.07 Å². The molecule has 2 rings (SSSR count). The van der Waals surface area contributed by atoms with E-state index < -0.39 is 4.92 Å². The number of Topliss-reactive ketones (excluding diaryl/α,β-unsaturated/α-hetero) is 1. The van der Waals surface area contributed by atoms with Gasteiger partial charge in [-0.1, -0.05) is 0 Å². The average Bonchev–Trinajstić information content (AvgIpc) is 2.27. The lowest BCUT2D eigenvalue weighted by atomic mass is 10.1. The molecule has 0 atom stereocenters. The summed E-state index contributed by atoms with van der Waals surface area (Å²) < 4.78 is 10.5. The Morgan fingerprint density at radius 3 is 2.76 bits per heavy atom. The number of nitro benzene ring substituents is 1. The van der Waals surface area contributed by atoms with E-state index in [9.17, 15) is 14.9 Å². The van der Waals surface area contributed by atoms with Crippen LogP contribution in [-0.2, 0) is 11.2 Å². The maximum atomic E-state index is 11.0. The number of carbonyl (C=O) groups is 1. The van der Waals surface area contributed by atoms with Gasteiger partial charge < -0.3 is 9.47 Å². The van der Waals surface area contributed by atoms with E-state index in [1.165, 1.54) is 13.0 Å². The lowest BCUT2D eigenvalue weighted by molar-refractivity contribution is -0.386. The Bertz CT molecular complexity index is 483. The normalized spacial score (nSPS) is 13.2. The van der Waals surface area contributed by atoms with Gasteiger partial charge in [-0.2, -0.15) is 0 Å². The zero-order valence-electron chi connectivity index (χ0n) is 9.26.